The molecule has 1 unspecified atom stereocenters. The molecule has 0 aliphatic carbocycles. The molecule has 2 aromatic heterocycles. The van der Waals surface area contributed by atoms with Crippen LogP contribution < -0.4 is 5.32 Å². The molecule has 1 aliphatic rings. The Morgan fingerprint density at radius 3 is 2.81 bits per heavy atom. The number of nitrogens with one attached hydrogen (secondary N) is 1. The number of ether oxygens (including phenoxy) is 1. The van der Waals surface area contributed by atoms with E-state index in [1.54, 1.807) is 48.4 Å². The molecule has 1 atom stereocenters. The van der Waals surface area contributed by atoms with Crippen LogP contribution in [0.3, 0.4) is 0 Å². The molecule has 1 N–H and O–H groups in total. The van der Waals surface area contributed by atoms with E-state index in [0.717, 1.165) is 0 Å². The highest BCUT2D eigenvalue weighted by molar-refractivity contribution is 6.17. The summed E-state index contributed by atoms with van der Waals surface area (Å²) in [6.07, 6.45) is 5.00. The Kier molecular flexibility index (Phi) is 4.83. The van der Waals surface area contributed by atoms with Gasteiger partial charge in [0.1, 0.15) is 17.8 Å². The number of hydrogen-bond acceptors (Lipinski definition) is 6. The smallest absolute Gasteiger partial charge is 0.340 e. The van der Waals surface area contributed by atoms with Gasteiger partial charge in [-0.3, -0.25) is 14.5 Å². The Hall–Kier alpha value is -3.03. The second kappa shape index (κ2) is 7.07. The summed E-state index contributed by atoms with van der Waals surface area (Å²) in [6.45, 7) is 6.25. The number of esters is 1. The number of nitrogens with zero attached hydrogens (tertiary/aromatic N) is 4. The first kappa shape index (κ1) is 17.8. The molecular formula is C18H21N5O3. The molecule has 0 radical (unpaired) electrons. The average molecular weight is 355 g/mol. The van der Waals surface area contributed by atoms with Crippen molar-refractivity contribution in [3.63, 3.8) is 0 Å². The zero-order valence-electron chi connectivity index (χ0n) is 15.0. The van der Waals surface area contributed by atoms with Crippen LogP contribution in [0.4, 0.5) is 0 Å². The van der Waals surface area contributed by atoms with E-state index in [1.807, 2.05) is 13.8 Å². The molecule has 3 rings (SSSR count). The molecule has 1 aliphatic heterocycles. The summed E-state index contributed by atoms with van der Waals surface area (Å²) in [4.78, 5) is 33.5. The summed E-state index contributed by atoms with van der Waals surface area (Å²) in [5, 5.41) is 6.80. The molecule has 0 aromatic carbocycles. The van der Waals surface area contributed by atoms with Gasteiger partial charge in [-0.15, -0.1) is 0 Å². The van der Waals surface area contributed by atoms with Gasteiger partial charge in [-0.2, -0.15) is 5.10 Å². The number of carbonyl (C=O) groups excluding carboxylic acids is 2. The monoisotopic (exact) mass is 355 g/mol. The Labute approximate surface area is 151 Å². The fraction of sp³-hybridized carbons (Fsp3) is 0.389. The average Bonchev–Trinajstić information content (AvgIpc) is 3.24. The van der Waals surface area contributed by atoms with Gasteiger partial charge in [0, 0.05) is 18.6 Å². The van der Waals surface area contributed by atoms with Crippen LogP contribution in [-0.2, 0) is 16.1 Å². The van der Waals surface area contributed by atoms with Crippen molar-refractivity contribution in [1.82, 2.24) is 20.1 Å². The molecule has 8 heteroatoms. The van der Waals surface area contributed by atoms with Crippen LogP contribution in [0.2, 0.25) is 0 Å². The van der Waals surface area contributed by atoms with Crippen molar-refractivity contribution in [2.45, 2.75) is 32.9 Å². The second-order valence-electron chi connectivity index (χ2n) is 6.52. The van der Waals surface area contributed by atoms with Crippen molar-refractivity contribution < 1.29 is 14.3 Å². The summed E-state index contributed by atoms with van der Waals surface area (Å²) in [6, 6.07) is 5.05. The number of aliphatic imine (C=N–C) groups is 1. The summed E-state index contributed by atoms with van der Waals surface area (Å²) >= 11 is 0. The molecule has 136 valence electrons. The third-order valence-corrected chi connectivity index (χ3v) is 4.52. The minimum absolute atomic E-state index is 0.00758. The van der Waals surface area contributed by atoms with Crippen LogP contribution in [0.25, 0.3) is 0 Å². The Balaban J connectivity index is 1.78. The summed E-state index contributed by atoms with van der Waals surface area (Å²) in [7, 11) is 0. The second-order valence-corrected chi connectivity index (χ2v) is 6.52. The van der Waals surface area contributed by atoms with E-state index in [4.69, 9.17) is 4.74 Å². The molecule has 2 aromatic rings. The van der Waals surface area contributed by atoms with Crippen molar-refractivity contribution in [3.8, 4) is 0 Å². The highest BCUT2D eigenvalue weighted by Crippen LogP contribution is 2.27. The van der Waals surface area contributed by atoms with Crippen LogP contribution in [0.5, 0.6) is 0 Å². The van der Waals surface area contributed by atoms with E-state index in [0.29, 0.717) is 18.1 Å². The molecule has 26 heavy (non-hydrogen) atoms. The zero-order valence-corrected chi connectivity index (χ0v) is 15.0. The van der Waals surface area contributed by atoms with E-state index in [1.165, 1.54) is 0 Å². The first-order chi connectivity index (χ1) is 12.4. The van der Waals surface area contributed by atoms with Crippen molar-refractivity contribution in [1.29, 1.82) is 0 Å². The predicted octanol–water partition coefficient (Wildman–Crippen LogP) is 1.43. The topological polar surface area (TPSA) is 98.5 Å². The third kappa shape index (κ3) is 3.35. The Bertz CT molecular complexity index is 844. The molecule has 0 bridgehead atoms. The lowest BCUT2D eigenvalue weighted by Gasteiger charge is -2.21. The lowest BCUT2D eigenvalue weighted by Crippen LogP contribution is -2.41. The molecular weight excluding hydrogens is 334 g/mol. The van der Waals surface area contributed by atoms with Gasteiger partial charge >= 0.3 is 5.97 Å². The van der Waals surface area contributed by atoms with Crippen molar-refractivity contribution in [2.24, 2.45) is 10.9 Å². The van der Waals surface area contributed by atoms with Crippen molar-refractivity contribution in [2.75, 3.05) is 6.61 Å². The normalized spacial score (nSPS) is 19.4. The van der Waals surface area contributed by atoms with Crippen LogP contribution in [0.15, 0.2) is 41.8 Å². The fourth-order valence-electron chi connectivity index (χ4n) is 2.55. The van der Waals surface area contributed by atoms with Crippen LogP contribution in [-0.4, -0.2) is 44.6 Å². The molecule has 0 saturated carbocycles. The highest BCUT2D eigenvalue weighted by Gasteiger charge is 2.43. The minimum atomic E-state index is -0.881. The molecule has 0 fully saturated rings. The number of amidine groups is 1. The number of rotatable bonds is 6. The maximum absolute atomic E-state index is 12.5. The standard InChI is InChI=1S/C18H21N5O3/c1-12(2)18(3)17(25)21-15(22-18)14-13(6-4-7-19-14)16(24)26-11-10-23-9-5-8-20-23/h4-9,12H,10-11H2,1-3H3,(H,21,22,25). The Morgan fingerprint density at radius 2 is 2.15 bits per heavy atom. The van der Waals surface area contributed by atoms with Gasteiger partial charge in [0.2, 0.25) is 0 Å². The van der Waals surface area contributed by atoms with E-state index in [9.17, 15) is 9.59 Å². The molecule has 0 spiro atoms. The number of carbonyl (C=O) groups is 2. The number of amides is 1. The zero-order chi connectivity index (χ0) is 18.7. The fourth-order valence-corrected chi connectivity index (χ4v) is 2.55. The lowest BCUT2D eigenvalue weighted by atomic mass is 9.89. The van der Waals surface area contributed by atoms with E-state index >= 15 is 0 Å². The van der Waals surface area contributed by atoms with Gasteiger partial charge in [0.05, 0.1) is 12.1 Å². The van der Waals surface area contributed by atoms with Crippen LogP contribution >= 0.6 is 0 Å². The molecule has 0 saturated heterocycles. The molecule has 1 amide bonds. The van der Waals surface area contributed by atoms with Crippen molar-refractivity contribution in [3.05, 3.63) is 48.0 Å². The summed E-state index contributed by atoms with van der Waals surface area (Å²) < 4.78 is 6.99. The van der Waals surface area contributed by atoms with Gasteiger partial charge < -0.3 is 10.1 Å². The first-order valence-corrected chi connectivity index (χ1v) is 8.43. The predicted molar refractivity (Wildman–Crippen MR) is 94.7 cm³/mol. The van der Waals surface area contributed by atoms with Crippen LogP contribution in [0.1, 0.15) is 36.8 Å². The van der Waals surface area contributed by atoms with Crippen molar-refractivity contribution >= 4 is 17.7 Å². The van der Waals surface area contributed by atoms with Gasteiger partial charge in [0.15, 0.2) is 5.84 Å². The quantitative estimate of drug-likeness (QED) is 0.790. The SMILES string of the molecule is CC(C)C1(C)N=C(c2ncccc2C(=O)OCCn2cccn2)NC1=O. The van der Waals surface area contributed by atoms with Gasteiger partial charge in [-0.25, -0.2) is 9.79 Å². The largest absolute Gasteiger partial charge is 0.460 e. The van der Waals surface area contributed by atoms with E-state index in [2.05, 4.69) is 20.4 Å². The summed E-state index contributed by atoms with van der Waals surface area (Å²) in [5.74, 6) is -0.416. The number of hydrogen-bond donors (Lipinski definition) is 1. The highest BCUT2D eigenvalue weighted by atomic mass is 16.5. The first-order valence-electron chi connectivity index (χ1n) is 8.43. The Morgan fingerprint density at radius 1 is 1.35 bits per heavy atom. The van der Waals surface area contributed by atoms with Crippen LogP contribution in [0, 0.1) is 5.92 Å². The minimum Gasteiger partial charge on any atom is -0.460 e. The molecule has 8 nitrogen and oxygen atoms in total. The van der Waals surface area contributed by atoms with Gasteiger partial charge in [0.25, 0.3) is 5.91 Å². The third-order valence-electron chi connectivity index (χ3n) is 4.52. The van der Waals surface area contributed by atoms with E-state index in [-0.39, 0.29) is 24.0 Å². The van der Waals surface area contributed by atoms with E-state index < -0.39 is 11.5 Å². The summed E-state index contributed by atoms with van der Waals surface area (Å²) in [5.41, 5.74) is -0.303. The maximum Gasteiger partial charge on any atom is 0.340 e. The van der Waals surface area contributed by atoms with Gasteiger partial charge in [-0.1, -0.05) is 13.8 Å². The van der Waals surface area contributed by atoms with Gasteiger partial charge in [-0.05, 0) is 31.0 Å². The molecule has 3 heterocycles. The number of pyridine rings is 1. The number of aromatic nitrogens is 3. The lowest BCUT2D eigenvalue weighted by molar-refractivity contribution is -0.124. The maximum atomic E-state index is 12.5.